The second kappa shape index (κ2) is 4.68. The summed E-state index contributed by atoms with van der Waals surface area (Å²) >= 11 is 0. The number of ether oxygens (including phenoxy) is 1. The summed E-state index contributed by atoms with van der Waals surface area (Å²) in [5.41, 5.74) is 2.89. The molecule has 0 heterocycles. The molecule has 2 N–H and O–H groups in total. The summed E-state index contributed by atoms with van der Waals surface area (Å²) in [6, 6.07) is 5.46. The number of hydrogen-bond acceptors (Lipinski definition) is 3. The Balaban J connectivity index is 2.23. The molecule has 1 aromatic rings. The number of methoxy groups -OCH3 is 1. The van der Waals surface area contributed by atoms with Crippen molar-refractivity contribution < 1.29 is 14.9 Å². The van der Waals surface area contributed by atoms with Crippen LogP contribution in [0.15, 0.2) is 53.6 Å². The SMILES string of the molecule is COc1cccc2c1C(O)C1=C(C=CCC=C1)C2O. The molecular formula is C16H16O3. The molecule has 19 heavy (non-hydrogen) atoms. The molecule has 0 amide bonds. The van der Waals surface area contributed by atoms with Crippen molar-refractivity contribution in [3.63, 3.8) is 0 Å². The molecule has 0 radical (unpaired) electrons. The number of hydrogen-bond donors (Lipinski definition) is 2. The number of aliphatic hydroxyl groups is 2. The Morgan fingerprint density at radius 1 is 1.05 bits per heavy atom. The molecule has 0 spiro atoms. The zero-order valence-corrected chi connectivity index (χ0v) is 10.7. The van der Waals surface area contributed by atoms with E-state index in [2.05, 4.69) is 0 Å². The summed E-state index contributed by atoms with van der Waals surface area (Å²) < 4.78 is 5.31. The molecule has 0 saturated heterocycles. The lowest BCUT2D eigenvalue weighted by atomic mass is 9.81. The number of fused-ring (bicyclic) bond motifs is 1. The van der Waals surface area contributed by atoms with Gasteiger partial charge < -0.3 is 14.9 Å². The van der Waals surface area contributed by atoms with E-state index in [0.717, 1.165) is 17.6 Å². The Morgan fingerprint density at radius 2 is 1.74 bits per heavy atom. The van der Waals surface area contributed by atoms with Crippen molar-refractivity contribution in [3.05, 3.63) is 64.8 Å². The van der Waals surface area contributed by atoms with Crippen LogP contribution in [0, 0.1) is 0 Å². The number of rotatable bonds is 1. The Morgan fingerprint density at radius 3 is 2.42 bits per heavy atom. The minimum Gasteiger partial charge on any atom is -0.496 e. The van der Waals surface area contributed by atoms with Gasteiger partial charge in [-0.25, -0.2) is 0 Å². The molecule has 2 atom stereocenters. The summed E-state index contributed by atoms with van der Waals surface area (Å²) in [6.45, 7) is 0. The van der Waals surface area contributed by atoms with Crippen LogP contribution in [0.5, 0.6) is 5.75 Å². The number of benzene rings is 1. The van der Waals surface area contributed by atoms with Crippen molar-refractivity contribution in [3.8, 4) is 5.75 Å². The first kappa shape index (κ1) is 12.2. The van der Waals surface area contributed by atoms with Crippen LogP contribution in [0.1, 0.15) is 29.8 Å². The van der Waals surface area contributed by atoms with Gasteiger partial charge in [0.2, 0.25) is 0 Å². The maximum Gasteiger partial charge on any atom is 0.125 e. The maximum absolute atomic E-state index is 10.6. The maximum atomic E-state index is 10.6. The fraction of sp³-hybridized carbons (Fsp3) is 0.250. The van der Waals surface area contributed by atoms with E-state index in [9.17, 15) is 10.2 Å². The summed E-state index contributed by atoms with van der Waals surface area (Å²) in [6.07, 6.45) is 7.07. The number of allylic oxidation sites excluding steroid dienone is 2. The quantitative estimate of drug-likeness (QED) is 0.812. The van der Waals surface area contributed by atoms with Gasteiger partial charge in [-0.2, -0.15) is 0 Å². The van der Waals surface area contributed by atoms with Crippen molar-refractivity contribution in [2.75, 3.05) is 7.11 Å². The molecule has 0 saturated carbocycles. The molecule has 2 aliphatic rings. The smallest absolute Gasteiger partial charge is 0.125 e. The molecular weight excluding hydrogens is 240 g/mol. The Bertz CT molecular complexity index is 596. The average molecular weight is 256 g/mol. The van der Waals surface area contributed by atoms with Gasteiger partial charge in [0.05, 0.1) is 7.11 Å². The minimum atomic E-state index is -0.761. The lowest BCUT2D eigenvalue weighted by molar-refractivity contribution is 0.171. The van der Waals surface area contributed by atoms with Crippen LogP contribution in [0.25, 0.3) is 0 Å². The van der Waals surface area contributed by atoms with Crippen LogP contribution in [0.2, 0.25) is 0 Å². The van der Waals surface area contributed by atoms with Crippen molar-refractivity contribution in [1.82, 2.24) is 0 Å². The van der Waals surface area contributed by atoms with E-state index in [1.165, 1.54) is 0 Å². The first-order valence-electron chi connectivity index (χ1n) is 6.34. The van der Waals surface area contributed by atoms with Crippen LogP contribution in [0.3, 0.4) is 0 Å². The highest BCUT2D eigenvalue weighted by Crippen LogP contribution is 2.45. The van der Waals surface area contributed by atoms with E-state index in [0.29, 0.717) is 16.9 Å². The Labute approximate surface area is 112 Å². The summed E-state index contributed by atoms with van der Waals surface area (Å²) in [7, 11) is 1.57. The largest absolute Gasteiger partial charge is 0.496 e. The van der Waals surface area contributed by atoms with E-state index < -0.39 is 12.2 Å². The van der Waals surface area contributed by atoms with Gasteiger partial charge in [-0.15, -0.1) is 0 Å². The van der Waals surface area contributed by atoms with Gasteiger partial charge in [-0.05, 0) is 29.2 Å². The fourth-order valence-corrected chi connectivity index (χ4v) is 2.75. The highest BCUT2D eigenvalue weighted by Gasteiger charge is 2.32. The Kier molecular flexibility index (Phi) is 3.01. The summed E-state index contributed by atoms with van der Waals surface area (Å²) in [5.74, 6) is 0.609. The van der Waals surface area contributed by atoms with Crippen molar-refractivity contribution in [2.45, 2.75) is 18.6 Å². The number of aliphatic hydroxyl groups excluding tert-OH is 2. The van der Waals surface area contributed by atoms with Gasteiger partial charge in [0.15, 0.2) is 0 Å². The normalized spacial score (nSPS) is 24.8. The van der Waals surface area contributed by atoms with E-state index in [-0.39, 0.29) is 0 Å². The predicted octanol–water partition coefficient (Wildman–Crippen LogP) is 2.59. The third-order valence-electron chi connectivity index (χ3n) is 3.68. The van der Waals surface area contributed by atoms with Crippen LogP contribution < -0.4 is 4.74 Å². The molecule has 3 nitrogen and oxygen atoms in total. The zero-order chi connectivity index (χ0) is 13.4. The monoisotopic (exact) mass is 256 g/mol. The third kappa shape index (κ3) is 1.82. The topological polar surface area (TPSA) is 49.7 Å². The van der Waals surface area contributed by atoms with Crippen LogP contribution >= 0.6 is 0 Å². The fourth-order valence-electron chi connectivity index (χ4n) is 2.75. The highest BCUT2D eigenvalue weighted by molar-refractivity contribution is 5.57. The Hall–Kier alpha value is -1.84. The molecule has 98 valence electrons. The minimum absolute atomic E-state index is 0.609. The summed E-state index contributed by atoms with van der Waals surface area (Å²) in [4.78, 5) is 0. The molecule has 1 aromatic carbocycles. The molecule has 0 aliphatic heterocycles. The van der Waals surface area contributed by atoms with E-state index in [1.54, 1.807) is 13.2 Å². The first-order valence-corrected chi connectivity index (χ1v) is 6.34. The van der Waals surface area contributed by atoms with Gasteiger partial charge in [0.25, 0.3) is 0 Å². The lowest BCUT2D eigenvalue weighted by Gasteiger charge is -2.30. The van der Waals surface area contributed by atoms with Crippen LogP contribution in [-0.4, -0.2) is 17.3 Å². The van der Waals surface area contributed by atoms with Gasteiger partial charge in [-0.3, -0.25) is 0 Å². The predicted molar refractivity (Wildman–Crippen MR) is 72.8 cm³/mol. The second-order valence-corrected chi connectivity index (χ2v) is 4.72. The summed E-state index contributed by atoms with van der Waals surface area (Å²) in [5, 5.41) is 21.1. The van der Waals surface area contributed by atoms with Crippen LogP contribution in [-0.2, 0) is 0 Å². The molecule has 3 heteroatoms. The van der Waals surface area contributed by atoms with E-state index in [1.807, 2.05) is 36.4 Å². The van der Waals surface area contributed by atoms with Crippen molar-refractivity contribution >= 4 is 0 Å². The molecule has 2 aliphatic carbocycles. The highest BCUT2D eigenvalue weighted by atomic mass is 16.5. The van der Waals surface area contributed by atoms with Gasteiger partial charge in [0.1, 0.15) is 18.0 Å². The van der Waals surface area contributed by atoms with Crippen molar-refractivity contribution in [2.24, 2.45) is 0 Å². The van der Waals surface area contributed by atoms with E-state index in [4.69, 9.17) is 4.74 Å². The lowest BCUT2D eigenvalue weighted by Crippen LogP contribution is -2.18. The molecule has 0 aromatic heterocycles. The van der Waals surface area contributed by atoms with E-state index >= 15 is 0 Å². The van der Waals surface area contributed by atoms with Gasteiger partial charge in [0, 0.05) is 5.56 Å². The second-order valence-electron chi connectivity index (χ2n) is 4.72. The molecule has 0 fully saturated rings. The first-order chi connectivity index (χ1) is 9.24. The van der Waals surface area contributed by atoms with Crippen LogP contribution in [0.4, 0.5) is 0 Å². The standard InChI is InChI=1S/C16H16O3/c1-19-13-9-5-8-12-14(13)16(18)11-7-4-2-3-6-10(11)15(12)17/h3-9,15-18H,2H2,1H3. The third-order valence-corrected chi connectivity index (χ3v) is 3.68. The molecule has 0 bridgehead atoms. The zero-order valence-electron chi connectivity index (χ0n) is 10.7. The van der Waals surface area contributed by atoms with Crippen molar-refractivity contribution in [1.29, 1.82) is 0 Å². The van der Waals surface area contributed by atoms with Gasteiger partial charge >= 0.3 is 0 Å². The van der Waals surface area contributed by atoms with Gasteiger partial charge in [-0.1, -0.05) is 36.4 Å². The molecule has 2 unspecified atom stereocenters. The molecule has 3 rings (SSSR count). The average Bonchev–Trinajstić information content (AvgIpc) is 2.70.